The van der Waals surface area contributed by atoms with Gasteiger partial charge >= 0.3 is 0 Å². The van der Waals surface area contributed by atoms with Gasteiger partial charge in [0.05, 0.1) is 13.5 Å². The predicted octanol–water partition coefficient (Wildman–Crippen LogP) is 3.42. The maximum Gasteiger partial charge on any atom is 0.226 e. The molecular formula is C20H22N2O2. The summed E-state index contributed by atoms with van der Waals surface area (Å²) in [5.41, 5.74) is 3.29. The summed E-state index contributed by atoms with van der Waals surface area (Å²) in [6, 6.07) is 15.9. The number of carbonyl (C=O) groups excluding carboxylic acids is 1. The number of H-pyrrole nitrogens is 1. The molecule has 0 aliphatic heterocycles. The molecule has 0 atom stereocenters. The summed E-state index contributed by atoms with van der Waals surface area (Å²) in [7, 11) is 3.48. The first-order chi connectivity index (χ1) is 11.7. The van der Waals surface area contributed by atoms with Gasteiger partial charge in [0.2, 0.25) is 5.91 Å². The van der Waals surface area contributed by atoms with Crippen molar-refractivity contribution in [3.05, 3.63) is 65.9 Å². The van der Waals surface area contributed by atoms with Crippen molar-refractivity contribution in [2.45, 2.75) is 12.8 Å². The summed E-state index contributed by atoms with van der Waals surface area (Å²) < 4.78 is 5.32. The fourth-order valence-corrected chi connectivity index (χ4v) is 2.90. The zero-order valence-corrected chi connectivity index (χ0v) is 14.1. The van der Waals surface area contributed by atoms with Gasteiger partial charge in [-0.15, -0.1) is 0 Å². The van der Waals surface area contributed by atoms with E-state index in [0.29, 0.717) is 13.0 Å². The summed E-state index contributed by atoms with van der Waals surface area (Å²) >= 11 is 0. The number of hydrogen-bond acceptors (Lipinski definition) is 2. The van der Waals surface area contributed by atoms with Crippen LogP contribution in [0.25, 0.3) is 10.9 Å². The molecule has 0 unspecified atom stereocenters. The second kappa shape index (κ2) is 7.21. The molecule has 0 aliphatic carbocycles. The normalized spacial score (nSPS) is 10.8. The van der Waals surface area contributed by atoms with Crippen LogP contribution < -0.4 is 4.74 Å². The lowest BCUT2D eigenvalue weighted by molar-refractivity contribution is -0.129. The van der Waals surface area contributed by atoms with E-state index in [-0.39, 0.29) is 5.91 Å². The zero-order chi connectivity index (χ0) is 16.9. The van der Waals surface area contributed by atoms with E-state index in [1.165, 1.54) is 10.9 Å². The molecule has 0 bridgehead atoms. The average molecular weight is 322 g/mol. The van der Waals surface area contributed by atoms with E-state index in [1.54, 1.807) is 12.0 Å². The highest BCUT2D eigenvalue weighted by molar-refractivity contribution is 5.83. The molecule has 124 valence electrons. The third kappa shape index (κ3) is 3.43. The topological polar surface area (TPSA) is 45.3 Å². The maximum atomic E-state index is 12.5. The number of aromatic nitrogens is 1. The van der Waals surface area contributed by atoms with Crippen LogP contribution in [0.15, 0.2) is 54.7 Å². The smallest absolute Gasteiger partial charge is 0.226 e. The maximum absolute atomic E-state index is 12.5. The highest BCUT2D eigenvalue weighted by Crippen LogP contribution is 2.20. The van der Waals surface area contributed by atoms with Crippen molar-refractivity contribution in [2.24, 2.45) is 0 Å². The minimum absolute atomic E-state index is 0.0966. The molecule has 1 heterocycles. The Labute approximate surface area is 142 Å². The molecule has 24 heavy (non-hydrogen) atoms. The first kappa shape index (κ1) is 16.1. The number of nitrogens with one attached hydrogen (secondary N) is 1. The summed E-state index contributed by atoms with van der Waals surface area (Å²) in [6.07, 6.45) is 3.22. The number of amides is 1. The Kier molecular flexibility index (Phi) is 4.85. The van der Waals surface area contributed by atoms with Crippen molar-refractivity contribution in [1.82, 2.24) is 9.88 Å². The second-order valence-electron chi connectivity index (χ2n) is 5.91. The van der Waals surface area contributed by atoms with Gasteiger partial charge in [0.1, 0.15) is 5.75 Å². The molecular weight excluding hydrogens is 300 g/mol. The fourth-order valence-electron chi connectivity index (χ4n) is 2.90. The van der Waals surface area contributed by atoms with Gasteiger partial charge in [0, 0.05) is 36.3 Å². The fraction of sp³-hybridized carbons (Fsp3) is 0.250. The van der Waals surface area contributed by atoms with Gasteiger partial charge in [-0.1, -0.05) is 36.4 Å². The van der Waals surface area contributed by atoms with Crippen LogP contribution in [0.3, 0.4) is 0 Å². The Bertz CT molecular complexity index is 838. The lowest BCUT2D eigenvalue weighted by Gasteiger charge is -2.18. The number of methoxy groups -OCH3 is 1. The van der Waals surface area contributed by atoms with Gasteiger partial charge in [0.25, 0.3) is 0 Å². The molecule has 0 aliphatic rings. The molecule has 0 fully saturated rings. The molecule has 0 saturated carbocycles. The van der Waals surface area contributed by atoms with Gasteiger partial charge in [-0.2, -0.15) is 0 Å². The lowest BCUT2D eigenvalue weighted by atomic mass is 10.1. The number of para-hydroxylation sites is 2. The highest BCUT2D eigenvalue weighted by Gasteiger charge is 2.13. The van der Waals surface area contributed by atoms with Crippen LogP contribution in [0.4, 0.5) is 0 Å². The van der Waals surface area contributed by atoms with E-state index in [1.807, 2.05) is 49.6 Å². The number of carbonyl (C=O) groups is 1. The van der Waals surface area contributed by atoms with Crippen molar-refractivity contribution in [3.8, 4) is 5.75 Å². The van der Waals surface area contributed by atoms with Gasteiger partial charge in [-0.25, -0.2) is 0 Å². The van der Waals surface area contributed by atoms with E-state index in [9.17, 15) is 4.79 Å². The van der Waals surface area contributed by atoms with E-state index in [2.05, 4.69) is 17.1 Å². The number of rotatable bonds is 6. The molecule has 1 N–H and O–H groups in total. The van der Waals surface area contributed by atoms with Crippen LogP contribution in [0, 0.1) is 0 Å². The Morgan fingerprint density at radius 2 is 1.83 bits per heavy atom. The van der Waals surface area contributed by atoms with Crippen LogP contribution in [-0.4, -0.2) is 36.5 Å². The molecule has 4 nitrogen and oxygen atoms in total. The SMILES string of the molecule is COc1ccccc1CC(=O)N(C)CCc1c[nH]c2ccccc12. The Hall–Kier alpha value is -2.75. The summed E-state index contributed by atoms with van der Waals surface area (Å²) in [5, 5.41) is 1.23. The van der Waals surface area contributed by atoms with E-state index < -0.39 is 0 Å². The molecule has 2 aromatic carbocycles. The van der Waals surface area contributed by atoms with Crippen molar-refractivity contribution >= 4 is 16.8 Å². The first-order valence-corrected chi connectivity index (χ1v) is 8.10. The van der Waals surface area contributed by atoms with Crippen LogP contribution in [-0.2, 0) is 17.6 Å². The monoisotopic (exact) mass is 322 g/mol. The second-order valence-corrected chi connectivity index (χ2v) is 5.91. The predicted molar refractivity (Wildman–Crippen MR) is 96.3 cm³/mol. The summed E-state index contributed by atoms with van der Waals surface area (Å²) in [6.45, 7) is 0.690. The molecule has 3 rings (SSSR count). The molecule has 0 radical (unpaired) electrons. The average Bonchev–Trinajstić information content (AvgIpc) is 3.03. The minimum Gasteiger partial charge on any atom is -0.496 e. The lowest BCUT2D eigenvalue weighted by Crippen LogP contribution is -2.30. The van der Waals surface area contributed by atoms with Gasteiger partial charge in [-0.3, -0.25) is 4.79 Å². The number of fused-ring (bicyclic) bond motifs is 1. The van der Waals surface area contributed by atoms with Gasteiger partial charge < -0.3 is 14.6 Å². The molecule has 0 spiro atoms. The Morgan fingerprint density at radius 3 is 2.67 bits per heavy atom. The van der Waals surface area contributed by atoms with Crippen LogP contribution >= 0.6 is 0 Å². The molecule has 1 aromatic heterocycles. The number of benzene rings is 2. The van der Waals surface area contributed by atoms with E-state index in [0.717, 1.165) is 23.3 Å². The number of ether oxygens (including phenoxy) is 1. The quantitative estimate of drug-likeness (QED) is 0.756. The highest BCUT2D eigenvalue weighted by atomic mass is 16.5. The standard InChI is InChI=1S/C20H22N2O2/c1-22(20(23)13-15-7-3-6-10-19(15)24-2)12-11-16-14-21-18-9-5-4-8-17(16)18/h3-10,14,21H,11-13H2,1-2H3. The zero-order valence-electron chi connectivity index (χ0n) is 14.1. The van der Waals surface area contributed by atoms with Crippen molar-refractivity contribution in [3.63, 3.8) is 0 Å². The van der Waals surface area contributed by atoms with Crippen LogP contribution in [0.1, 0.15) is 11.1 Å². The number of likely N-dealkylation sites (N-methyl/N-ethyl adjacent to an activating group) is 1. The van der Waals surface area contributed by atoms with Gasteiger partial charge in [0.15, 0.2) is 0 Å². The van der Waals surface area contributed by atoms with Crippen molar-refractivity contribution < 1.29 is 9.53 Å². The Morgan fingerprint density at radius 1 is 1.08 bits per heavy atom. The summed E-state index contributed by atoms with van der Waals surface area (Å²) in [5.74, 6) is 0.857. The summed E-state index contributed by atoms with van der Waals surface area (Å²) in [4.78, 5) is 17.5. The molecule has 3 aromatic rings. The third-order valence-corrected chi connectivity index (χ3v) is 4.35. The number of nitrogens with zero attached hydrogens (tertiary/aromatic N) is 1. The van der Waals surface area contributed by atoms with Crippen LogP contribution in [0.5, 0.6) is 5.75 Å². The minimum atomic E-state index is 0.0966. The Balaban J connectivity index is 1.62. The van der Waals surface area contributed by atoms with Crippen molar-refractivity contribution in [2.75, 3.05) is 20.7 Å². The largest absolute Gasteiger partial charge is 0.496 e. The molecule has 4 heteroatoms. The van der Waals surface area contributed by atoms with Crippen molar-refractivity contribution in [1.29, 1.82) is 0 Å². The van der Waals surface area contributed by atoms with Crippen LogP contribution in [0.2, 0.25) is 0 Å². The molecule has 0 saturated heterocycles. The van der Waals surface area contributed by atoms with Gasteiger partial charge in [-0.05, 0) is 24.1 Å². The van der Waals surface area contributed by atoms with E-state index >= 15 is 0 Å². The number of aromatic amines is 1. The van der Waals surface area contributed by atoms with E-state index in [4.69, 9.17) is 4.74 Å². The first-order valence-electron chi connectivity index (χ1n) is 8.10. The number of hydrogen-bond donors (Lipinski definition) is 1. The third-order valence-electron chi connectivity index (χ3n) is 4.35. The molecule has 1 amide bonds.